The van der Waals surface area contributed by atoms with Crippen LogP contribution in [0.2, 0.25) is 0 Å². The molecule has 24 heavy (non-hydrogen) atoms. The van der Waals surface area contributed by atoms with Crippen LogP contribution >= 0.6 is 0 Å². The summed E-state index contributed by atoms with van der Waals surface area (Å²) in [7, 11) is 0. The van der Waals surface area contributed by atoms with E-state index >= 15 is 0 Å². The summed E-state index contributed by atoms with van der Waals surface area (Å²) in [6, 6.07) is 3.17. The first-order valence-electron chi connectivity index (χ1n) is 7.42. The summed E-state index contributed by atoms with van der Waals surface area (Å²) >= 11 is 0. The molecule has 0 saturated heterocycles. The number of nitrogens with zero attached hydrogens (tertiary/aromatic N) is 3. The molecule has 1 heterocycles. The van der Waals surface area contributed by atoms with Crippen LogP contribution in [-0.4, -0.2) is 22.0 Å². The second-order valence-corrected chi connectivity index (χ2v) is 6.66. The van der Waals surface area contributed by atoms with Gasteiger partial charge in [0.25, 0.3) is 0 Å². The van der Waals surface area contributed by atoms with Crippen molar-refractivity contribution in [1.82, 2.24) is 5.16 Å². The van der Waals surface area contributed by atoms with Crippen molar-refractivity contribution < 1.29 is 22.8 Å². The third-order valence-corrected chi connectivity index (χ3v) is 3.81. The molecule has 0 aliphatic heterocycles. The lowest BCUT2D eigenvalue weighted by atomic mass is 9.73. The van der Waals surface area contributed by atoms with E-state index in [0.717, 1.165) is 0 Å². The zero-order chi connectivity index (χ0) is 18.8. The molecule has 2 unspecified atom stereocenters. The van der Waals surface area contributed by atoms with Crippen LogP contribution in [0.1, 0.15) is 57.9 Å². The minimum absolute atomic E-state index is 0.121. The quantitative estimate of drug-likeness (QED) is 0.787. The van der Waals surface area contributed by atoms with Crippen LogP contribution in [0.4, 0.5) is 13.2 Å². The first kappa shape index (κ1) is 20.0. The fourth-order valence-electron chi connectivity index (χ4n) is 2.63. The Morgan fingerprint density at radius 3 is 2.29 bits per heavy atom. The number of aliphatic hydroxyl groups is 1. The van der Waals surface area contributed by atoms with Crippen LogP contribution in [0.25, 0.3) is 4.85 Å². The maximum absolute atomic E-state index is 12.6. The van der Waals surface area contributed by atoms with Crippen molar-refractivity contribution in [3.8, 4) is 6.07 Å². The van der Waals surface area contributed by atoms with Crippen molar-refractivity contribution in [3.05, 3.63) is 28.9 Å². The van der Waals surface area contributed by atoms with Crippen LogP contribution < -0.4 is 0 Å². The zero-order valence-electron chi connectivity index (χ0n) is 14.0. The van der Waals surface area contributed by atoms with Crippen molar-refractivity contribution >= 4 is 0 Å². The highest BCUT2D eigenvalue weighted by Crippen LogP contribution is 2.42. The van der Waals surface area contributed by atoms with Crippen LogP contribution in [-0.2, 0) is 5.60 Å². The molecular formula is C16H20F3N3O2. The molecule has 0 bridgehead atoms. The summed E-state index contributed by atoms with van der Waals surface area (Å²) in [4.78, 5) is 3.26. The Morgan fingerprint density at radius 1 is 1.38 bits per heavy atom. The van der Waals surface area contributed by atoms with Crippen LogP contribution in [0.15, 0.2) is 10.6 Å². The molecule has 1 aromatic rings. The third-order valence-electron chi connectivity index (χ3n) is 3.81. The van der Waals surface area contributed by atoms with E-state index < -0.39 is 36.1 Å². The summed E-state index contributed by atoms with van der Waals surface area (Å²) in [5, 5.41) is 23.2. The first-order valence-corrected chi connectivity index (χ1v) is 7.42. The molecule has 0 spiro atoms. The normalized spacial score (nSPS) is 16.3. The number of halogens is 3. The Hall–Kier alpha value is -2.06. The summed E-state index contributed by atoms with van der Waals surface area (Å²) in [5.74, 6) is -1.08. The summed E-state index contributed by atoms with van der Waals surface area (Å²) in [5.41, 5.74) is -3.04. The molecule has 5 nitrogen and oxygen atoms in total. The largest absolute Gasteiger partial charge is 0.389 e. The maximum Gasteiger partial charge on any atom is 0.389 e. The SMILES string of the molecule is [C-]#[N+]C(C#N)(CCC(F)(F)F)C(c1cc(C(C)(C)O)on1)C(C)C. The highest BCUT2D eigenvalue weighted by molar-refractivity contribution is 5.30. The Kier molecular flexibility index (Phi) is 5.68. The van der Waals surface area contributed by atoms with Crippen molar-refractivity contribution in [2.24, 2.45) is 5.92 Å². The number of hydrogen-bond acceptors (Lipinski definition) is 4. The second kappa shape index (κ2) is 6.82. The van der Waals surface area contributed by atoms with Crippen LogP contribution in [0.3, 0.4) is 0 Å². The van der Waals surface area contributed by atoms with Gasteiger partial charge in [-0.25, -0.2) is 6.57 Å². The molecule has 1 N–H and O–H groups in total. The van der Waals surface area contributed by atoms with E-state index in [9.17, 15) is 23.5 Å². The van der Waals surface area contributed by atoms with Crippen molar-refractivity contribution in [1.29, 1.82) is 5.26 Å². The van der Waals surface area contributed by atoms with E-state index in [2.05, 4.69) is 10.0 Å². The van der Waals surface area contributed by atoms with Gasteiger partial charge in [0.15, 0.2) is 11.8 Å². The minimum atomic E-state index is -4.46. The second-order valence-electron chi connectivity index (χ2n) is 6.66. The van der Waals surface area contributed by atoms with E-state index in [1.54, 1.807) is 19.9 Å². The van der Waals surface area contributed by atoms with Crippen molar-refractivity contribution in [2.45, 2.75) is 63.8 Å². The number of nitriles is 1. The van der Waals surface area contributed by atoms with Gasteiger partial charge in [0, 0.05) is 12.5 Å². The monoisotopic (exact) mass is 343 g/mol. The average molecular weight is 343 g/mol. The van der Waals surface area contributed by atoms with Gasteiger partial charge >= 0.3 is 11.7 Å². The van der Waals surface area contributed by atoms with Gasteiger partial charge in [0.1, 0.15) is 5.60 Å². The van der Waals surface area contributed by atoms with Gasteiger partial charge in [0.2, 0.25) is 0 Å². The molecule has 1 rings (SSSR count). The van der Waals surface area contributed by atoms with E-state index in [4.69, 9.17) is 11.1 Å². The molecule has 0 saturated carbocycles. The molecular weight excluding hydrogens is 323 g/mol. The first-order chi connectivity index (χ1) is 10.9. The van der Waals surface area contributed by atoms with Gasteiger partial charge in [-0.1, -0.05) is 19.0 Å². The molecule has 0 aliphatic rings. The minimum Gasteiger partial charge on any atom is -0.382 e. The molecule has 0 aromatic carbocycles. The van der Waals surface area contributed by atoms with E-state index in [1.807, 2.05) is 0 Å². The predicted molar refractivity (Wildman–Crippen MR) is 79.6 cm³/mol. The van der Waals surface area contributed by atoms with Gasteiger partial charge in [0.05, 0.1) is 18.0 Å². The maximum atomic E-state index is 12.6. The molecule has 132 valence electrons. The fourth-order valence-corrected chi connectivity index (χ4v) is 2.63. The van der Waals surface area contributed by atoms with Gasteiger partial charge in [-0.15, -0.1) is 0 Å². The fraction of sp³-hybridized carbons (Fsp3) is 0.688. The lowest BCUT2D eigenvalue weighted by Crippen LogP contribution is -2.36. The summed E-state index contributed by atoms with van der Waals surface area (Å²) in [6.07, 6.45) is -6.34. The Labute approximate surface area is 138 Å². The van der Waals surface area contributed by atoms with Gasteiger partial charge in [-0.2, -0.15) is 18.4 Å². The van der Waals surface area contributed by atoms with Crippen molar-refractivity contribution in [2.75, 3.05) is 0 Å². The highest BCUT2D eigenvalue weighted by Gasteiger charge is 2.52. The van der Waals surface area contributed by atoms with Crippen molar-refractivity contribution in [3.63, 3.8) is 0 Å². The smallest absolute Gasteiger partial charge is 0.382 e. The summed E-state index contributed by atoms with van der Waals surface area (Å²) in [6.45, 7) is 13.7. The lowest BCUT2D eigenvalue weighted by molar-refractivity contribution is -0.137. The number of rotatable bonds is 6. The molecule has 0 fully saturated rings. The van der Waals surface area contributed by atoms with Crippen LogP contribution in [0, 0.1) is 23.8 Å². The third kappa shape index (κ3) is 4.48. The van der Waals surface area contributed by atoms with Gasteiger partial charge < -0.3 is 9.63 Å². The van der Waals surface area contributed by atoms with Gasteiger partial charge in [-0.3, -0.25) is 4.85 Å². The number of hydrogen-bond donors (Lipinski definition) is 1. The zero-order valence-corrected chi connectivity index (χ0v) is 14.0. The van der Waals surface area contributed by atoms with Crippen LogP contribution in [0.5, 0.6) is 0 Å². The molecule has 8 heteroatoms. The average Bonchev–Trinajstić information content (AvgIpc) is 2.91. The topological polar surface area (TPSA) is 74.4 Å². The lowest BCUT2D eigenvalue weighted by Gasteiger charge is -2.26. The molecule has 2 atom stereocenters. The molecule has 0 aliphatic carbocycles. The van der Waals surface area contributed by atoms with E-state index in [0.29, 0.717) is 0 Å². The van der Waals surface area contributed by atoms with E-state index in [1.165, 1.54) is 19.9 Å². The highest BCUT2D eigenvalue weighted by atomic mass is 19.4. The van der Waals surface area contributed by atoms with E-state index in [-0.39, 0.29) is 17.4 Å². The number of aromatic nitrogens is 1. The Bertz CT molecular complexity index is 631. The molecule has 0 radical (unpaired) electrons. The summed E-state index contributed by atoms with van der Waals surface area (Å²) < 4.78 is 42.9. The molecule has 1 aromatic heterocycles. The van der Waals surface area contributed by atoms with Gasteiger partial charge in [-0.05, 0) is 19.8 Å². The molecule has 0 amide bonds. The standard InChI is InChI=1S/C16H20F3N3O2/c1-10(2)13(11-8-12(24-22-11)14(3,4)23)15(9-20,21-5)6-7-16(17,18)19/h8,10,13,23H,6-7H2,1-4H3. The Morgan fingerprint density at radius 2 is 1.96 bits per heavy atom. The predicted octanol–water partition coefficient (Wildman–Crippen LogP) is 4.17. The Balaban J connectivity index is 3.32. The number of alkyl halides is 3.